The van der Waals surface area contributed by atoms with Crippen molar-refractivity contribution in [1.29, 1.82) is 0 Å². The van der Waals surface area contributed by atoms with Crippen LogP contribution in [0.5, 0.6) is 0 Å². The van der Waals surface area contributed by atoms with Crippen LogP contribution in [-0.2, 0) is 22.6 Å². The third-order valence-corrected chi connectivity index (χ3v) is 9.17. The number of benzene rings is 2. The van der Waals surface area contributed by atoms with Crippen molar-refractivity contribution in [2.75, 3.05) is 5.75 Å². The summed E-state index contributed by atoms with van der Waals surface area (Å²) >= 11 is 14.0. The second kappa shape index (κ2) is 12.0. The Morgan fingerprint density at radius 1 is 1.05 bits per heavy atom. The molecule has 38 heavy (non-hydrogen) atoms. The Kier molecular flexibility index (Phi) is 9.58. The fourth-order valence-corrected chi connectivity index (χ4v) is 5.88. The maximum absolute atomic E-state index is 13.8. The number of nitrogens with one attached hydrogen (secondary N) is 1. The van der Waals surface area contributed by atoms with Crippen LogP contribution >= 0.6 is 35.1 Å². The lowest BCUT2D eigenvalue weighted by Gasteiger charge is -2.24. The fourth-order valence-electron chi connectivity index (χ4n) is 3.83. The van der Waals surface area contributed by atoms with Crippen molar-refractivity contribution >= 4 is 50.8 Å². The van der Waals surface area contributed by atoms with E-state index in [1.807, 2.05) is 6.92 Å². The third-order valence-electron chi connectivity index (χ3n) is 5.89. The van der Waals surface area contributed by atoms with Crippen LogP contribution in [0.1, 0.15) is 67.7 Å². The SMILES string of the molecule is CCS(=O)(=O)Cc1ccc(C(=O)c2ccc(Cl)cc2Cl)c(-c2cn(C)c(=O)cc2[C@H](C)NSC(C)(C)C)c1. The van der Waals surface area contributed by atoms with Gasteiger partial charge in [-0.25, -0.2) is 8.42 Å². The molecule has 0 amide bonds. The summed E-state index contributed by atoms with van der Waals surface area (Å²) in [5.74, 6) is -0.503. The number of halogens is 2. The molecule has 0 saturated carbocycles. The Morgan fingerprint density at radius 2 is 1.71 bits per heavy atom. The molecular weight excluding hydrogens is 563 g/mol. The third kappa shape index (κ3) is 7.51. The van der Waals surface area contributed by atoms with Crippen molar-refractivity contribution in [1.82, 2.24) is 9.29 Å². The van der Waals surface area contributed by atoms with Crippen LogP contribution in [0.3, 0.4) is 0 Å². The molecule has 2 aromatic carbocycles. The normalized spacial score (nSPS) is 12.9. The van der Waals surface area contributed by atoms with E-state index in [4.69, 9.17) is 23.2 Å². The van der Waals surface area contributed by atoms with E-state index in [1.165, 1.54) is 10.6 Å². The summed E-state index contributed by atoms with van der Waals surface area (Å²) in [7, 11) is -1.69. The van der Waals surface area contributed by atoms with Crippen LogP contribution in [0.25, 0.3) is 11.1 Å². The zero-order chi connectivity index (χ0) is 28.4. The van der Waals surface area contributed by atoms with Gasteiger partial charge < -0.3 is 4.57 Å². The number of hydrogen-bond donors (Lipinski definition) is 1. The minimum atomic E-state index is -3.33. The second-order valence-corrected chi connectivity index (χ2v) is 15.0. The lowest BCUT2D eigenvalue weighted by Crippen LogP contribution is -2.24. The number of carbonyl (C=O) groups is 1. The molecule has 0 radical (unpaired) electrons. The summed E-state index contributed by atoms with van der Waals surface area (Å²) < 4.78 is 29.6. The topological polar surface area (TPSA) is 85.2 Å². The highest BCUT2D eigenvalue weighted by atomic mass is 35.5. The smallest absolute Gasteiger partial charge is 0.250 e. The van der Waals surface area contributed by atoms with Gasteiger partial charge in [0.05, 0.1) is 10.8 Å². The fraction of sp³-hybridized carbons (Fsp3) is 0.357. The molecule has 0 aliphatic rings. The molecule has 0 unspecified atom stereocenters. The molecule has 0 spiro atoms. The van der Waals surface area contributed by atoms with Crippen molar-refractivity contribution < 1.29 is 13.2 Å². The van der Waals surface area contributed by atoms with Gasteiger partial charge in [-0.2, -0.15) is 0 Å². The van der Waals surface area contributed by atoms with E-state index < -0.39 is 9.84 Å². The first-order valence-corrected chi connectivity index (χ1v) is 15.5. The largest absolute Gasteiger partial charge is 0.318 e. The molecule has 3 rings (SSSR count). The number of nitrogens with zero attached hydrogens (tertiary/aromatic N) is 1. The lowest BCUT2D eigenvalue weighted by atomic mass is 9.89. The Hall–Kier alpha value is -2.10. The van der Waals surface area contributed by atoms with Crippen LogP contribution in [0.4, 0.5) is 0 Å². The second-order valence-electron chi connectivity index (χ2n) is 10.2. The van der Waals surface area contributed by atoms with E-state index in [0.717, 1.165) is 0 Å². The number of aromatic nitrogens is 1. The Bertz CT molecular complexity index is 1530. The van der Waals surface area contributed by atoms with E-state index in [-0.39, 0.29) is 44.2 Å². The monoisotopic (exact) mass is 594 g/mol. The van der Waals surface area contributed by atoms with E-state index in [0.29, 0.717) is 32.8 Å². The van der Waals surface area contributed by atoms with E-state index in [2.05, 4.69) is 25.5 Å². The molecular formula is C28H32Cl2N2O4S2. The molecule has 0 aliphatic heterocycles. The average molecular weight is 596 g/mol. The van der Waals surface area contributed by atoms with Gasteiger partial charge in [0.2, 0.25) is 0 Å². The molecule has 6 nitrogen and oxygen atoms in total. The predicted molar refractivity (Wildman–Crippen MR) is 159 cm³/mol. The molecule has 3 aromatic rings. The summed E-state index contributed by atoms with van der Waals surface area (Å²) in [6.07, 6.45) is 1.69. The number of aryl methyl sites for hydroxylation is 1. The maximum atomic E-state index is 13.8. The number of ketones is 1. The van der Waals surface area contributed by atoms with Gasteiger partial charge in [-0.15, -0.1) is 0 Å². The van der Waals surface area contributed by atoms with Crippen molar-refractivity contribution in [3.63, 3.8) is 0 Å². The zero-order valence-corrected chi connectivity index (χ0v) is 25.4. The highest BCUT2D eigenvalue weighted by Crippen LogP contribution is 2.35. The molecule has 10 heteroatoms. The minimum Gasteiger partial charge on any atom is -0.318 e. The molecule has 0 bridgehead atoms. The van der Waals surface area contributed by atoms with Gasteiger partial charge in [0.1, 0.15) is 0 Å². The highest BCUT2D eigenvalue weighted by molar-refractivity contribution is 7.98. The molecule has 0 aliphatic carbocycles. The van der Waals surface area contributed by atoms with Crippen molar-refractivity contribution in [2.45, 2.75) is 51.2 Å². The molecule has 204 valence electrons. The Labute approximate surface area is 238 Å². The van der Waals surface area contributed by atoms with Crippen LogP contribution in [0, 0.1) is 0 Å². The van der Waals surface area contributed by atoms with Crippen molar-refractivity contribution in [3.05, 3.63) is 91.3 Å². The molecule has 1 atom stereocenters. The van der Waals surface area contributed by atoms with Gasteiger partial charge in [0, 0.05) is 57.6 Å². The highest BCUT2D eigenvalue weighted by Gasteiger charge is 2.24. The van der Waals surface area contributed by atoms with Crippen molar-refractivity contribution in [3.8, 4) is 11.1 Å². The van der Waals surface area contributed by atoms with Gasteiger partial charge in [0.25, 0.3) is 5.56 Å². The first kappa shape index (κ1) is 30.4. The van der Waals surface area contributed by atoms with Gasteiger partial charge in [-0.05, 0) is 68.7 Å². The molecule has 1 heterocycles. The number of carbonyl (C=O) groups excluding carboxylic acids is 1. The van der Waals surface area contributed by atoms with Gasteiger partial charge in [0.15, 0.2) is 15.6 Å². The summed E-state index contributed by atoms with van der Waals surface area (Å²) in [5, 5.41) is 0.617. The van der Waals surface area contributed by atoms with Gasteiger partial charge >= 0.3 is 0 Å². The number of hydrogen-bond acceptors (Lipinski definition) is 6. The molecule has 1 aromatic heterocycles. The van der Waals surface area contributed by atoms with Crippen LogP contribution < -0.4 is 10.3 Å². The maximum Gasteiger partial charge on any atom is 0.250 e. The van der Waals surface area contributed by atoms with E-state index in [1.54, 1.807) is 68.5 Å². The van der Waals surface area contributed by atoms with Gasteiger partial charge in [-0.1, -0.05) is 54.2 Å². The predicted octanol–water partition coefficient (Wildman–Crippen LogP) is 6.62. The number of pyridine rings is 1. The van der Waals surface area contributed by atoms with Crippen molar-refractivity contribution in [2.24, 2.45) is 7.05 Å². The number of sulfone groups is 1. The van der Waals surface area contributed by atoms with Crippen LogP contribution in [0.2, 0.25) is 10.0 Å². The Morgan fingerprint density at radius 3 is 2.32 bits per heavy atom. The summed E-state index contributed by atoms with van der Waals surface area (Å²) in [6.45, 7) is 9.77. The summed E-state index contributed by atoms with van der Waals surface area (Å²) in [4.78, 5) is 26.5. The average Bonchev–Trinajstić information content (AvgIpc) is 2.83. The standard InChI is InChI=1S/C28H32Cl2N2O4S2/c1-7-38(35,36)16-18-8-10-20(27(34)21-11-9-19(29)13-25(21)30)23(12-18)24-15-32(6)26(33)14-22(24)17(2)31-37-28(3,4)5/h8-15,17,31H,7,16H2,1-6H3/t17-/m0/s1. The summed E-state index contributed by atoms with van der Waals surface area (Å²) in [6, 6.07) is 11.0. The zero-order valence-electron chi connectivity index (χ0n) is 22.3. The molecule has 1 N–H and O–H groups in total. The molecule has 0 fully saturated rings. The first-order chi connectivity index (χ1) is 17.6. The minimum absolute atomic E-state index is 0.000529. The van der Waals surface area contributed by atoms with Crippen LogP contribution in [-0.4, -0.2) is 29.3 Å². The van der Waals surface area contributed by atoms with Gasteiger partial charge in [-0.3, -0.25) is 14.3 Å². The first-order valence-electron chi connectivity index (χ1n) is 12.1. The van der Waals surface area contributed by atoms with E-state index in [9.17, 15) is 18.0 Å². The van der Waals surface area contributed by atoms with Crippen LogP contribution in [0.15, 0.2) is 53.5 Å². The Balaban J connectivity index is 2.27. The summed E-state index contributed by atoms with van der Waals surface area (Å²) in [5.41, 5.74) is 2.81. The lowest BCUT2D eigenvalue weighted by molar-refractivity contribution is 0.103. The number of rotatable bonds is 9. The molecule has 0 saturated heterocycles. The quantitative estimate of drug-likeness (QED) is 0.221. The van der Waals surface area contributed by atoms with E-state index >= 15 is 0 Å².